The normalized spacial score (nSPS) is 15.4. The van der Waals surface area contributed by atoms with Crippen molar-refractivity contribution < 1.29 is 14.0 Å². The molecule has 0 atom stereocenters. The predicted octanol–water partition coefficient (Wildman–Crippen LogP) is 4.38. The average Bonchev–Trinajstić information content (AvgIpc) is 3.26. The average molecular weight is 412 g/mol. The van der Waals surface area contributed by atoms with Gasteiger partial charge in [-0.25, -0.2) is 0 Å². The molecule has 142 valence electrons. The molecule has 4 rings (SSSR count). The number of oxazole rings is 1. The Kier molecular flexibility index (Phi) is 5.40. The SMILES string of the molecule is CN(CCSc1ccc(C=C2NC(=O)SC2=O)cc1)c1nc2ccccc2o1. The number of aromatic nitrogens is 1. The van der Waals surface area contributed by atoms with E-state index in [-0.39, 0.29) is 10.4 Å². The lowest BCUT2D eigenvalue weighted by Crippen LogP contribution is -2.20. The van der Waals surface area contributed by atoms with Crippen LogP contribution in [-0.4, -0.2) is 34.7 Å². The van der Waals surface area contributed by atoms with Gasteiger partial charge in [0.1, 0.15) is 5.52 Å². The minimum atomic E-state index is -0.327. The molecule has 6 nitrogen and oxygen atoms in total. The van der Waals surface area contributed by atoms with Crippen molar-refractivity contribution in [3.05, 3.63) is 59.8 Å². The fourth-order valence-corrected chi connectivity index (χ4v) is 4.15. The second-order valence-electron chi connectivity index (χ2n) is 6.16. The molecule has 1 aliphatic heterocycles. The van der Waals surface area contributed by atoms with E-state index in [0.29, 0.717) is 23.5 Å². The highest BCUT2D eigenvalue weighted by molar-refractivity contribution is 8.27. The van der Waals surface area contributed by atoms with Crippen LogP contribution < -0.4 is 10.2 Å². The summed E-state index contributed by atoms with van der Waals surface area (Å²) in [6.07, 6.45) is 1.69. The van der Waals surface area contributed by atoms with Gasteiger partial charge in [-0.3, -0.25) is 9.59 Å². The quantitative estimate of drug-likeness (QED) is 0.476. The molecule has 0 saturated carbocycles. The van der Waals surface area contributed by atoms with Gasteiger partial charge in [-0.2, -0.15) is 4.98 Å². The number of carbonyl (C=O) groups is 2. The number of hydrogen-bond donors (Lipinski definition) is 1. The third-order valence-electron chi connectivity index (χ3n) is 4.14. The molecule has 2 heterocycles. The summed E-state index contributed by atoms with van der Waals surface area (Å²) < 4.78 is 5.77. The third kappa shape index (κ3) is 4.23. The molecule has 1 fully saturated rings. The van der Waals surface area contributed by atoms with Crippen LogP contribution >= 0.6 is 23.5 Å². The van der Waals surface area contributed by atoms with Gasteiger partial charge in [0, 0.05) is 36.0 Å². The Labute approximate surface area is 170 Å². The standard InChI is InChI=1S/C20H17N3O3S2/c1-23(19-21-15-4-2-3-5-17(15)26-19)10-11-27-14-8-6-13(7-9-14)12-16-18(24)28-20(25)22-16/h2-9,12H,10-11H2,1H3,(H,22,25). The number of benzene rings is 2. The van der Waals surface area contributed by atoms with Crippen molar-refractivity contribution in [2.75, 3.05) is 24.2 Å². The van der Waals surface area contributed by atoms with Crippen LogP contribution in [0.2, 0.25) is 0 Å². The number of hydrogen-bond acceptors (Lipinski definition) is 7. The van der Waals surface area contributed by atoms with Gasteiger partial charge in [-0.1, -0.05) is 24.3 Å². The van der Waals surface area contributed by atoms with E-state index in [1.165, 1.54) is 0 Å². The van der Waals surface area contributed by atoms with Gasteiger partial charge in [-0.15, -0.1) is 11.8 Å². The number of nitrogens with zero attached hydrogens (tertiary/aromatic N) is 2. The molecule has 8 heteroatoms. The number of para-hydroxylation sites is 2. The van der Waals surface area contributed by atoms with Crippen molar-refractivity contribution in [2.24, 2.45) is 0 Å². The van der Waals surface area contributed by atoms with Crippen LogP contribution in [0.15, 0.2) is 63.5 Å². The lowest BCUT2D eigenvalue weighted by Gasteiger charge is -2.13. The molecule has 0 bridgehead atoms. The Morgan fingerprint density at radius 2 is 1.96 bits per heavy atom. The molecule has 0 radical (unpaired) electrons. The number of rotatable bonds is 6. The first-order chi connectivity index (χ1) is 13.6. The van der Waals surface area contributed by atoms with Gasteiger partial charge in [0.25, 0.3) is 11.3 Å². The molecule has 0 aliphatic carbocycles. The van der Waals surface area contributed by atoms with Crippen molar-refractivity contribution in [1.29, 1.82) is 0 Å². The second kappa shape index (κ2) is 8.12. The summed E-state index contributed by atoms with van der Waals surface area (Å²) in [5.41, 5.74) is 2.85. The second-order valence-corrected chi connectivity index (χ2v) is 8.28. The largest absolute Gasteiger partial charge is 0.423 e. The monoisotopic (exact) mass is 411 g/mol. The minimum Gasteiger partial charge on any atom is -0.423 e. The number of fused-ring (bicyclic) bond motifs is 1. The summed E-state index contributed by atoms with van der Waals surface area (Å²) in [7, 11) is 1.96. The molecular formula is C20H17N3O3S2. The number of nitrogens with one attached hydrogen (secondary N) is 1. The number of anilines is 1. The van der Waals surface area contributed by atoms with Crippen LogP contribution in [0.1, 0.15) is 5.56 Å². The highest BCUT2D eigenvalue weighted by Gasteiger charge is 2.25. The molecule has 1 saturated heterocycles. The van der Waals surface area contributed by atoms with Crippen LogP contribution in [0.25, 0.3) is 17.2 Å². The van der Waals surface area contributed by atoms with Gasteiger partial charge in [0.05, 0.1) is 5.70 Å². The zero-order valence-electron chi connectivity index (χ0n) is 15.0. The molecule has 0 spiro atoms. The Morgan fingerprint density at radius 3 is 2.68 bits per heavy atom. The summed E-state index contributed by atoms with van der Waals surface area (Å²) >= 11 is 2.42. The van der Waals surface area contributed by atoms with Gasteiger partial charge in [0.2, 0.25) is 5.12 Å². The zero-order chi connectivity index (χ0) is 19.5. The van der Waals surface area contributed by atoms with Crippen LogP contribution in [-0.2, 0) is 4.79 Å². The van der Waals surface area contributed by atoms with Crippen molar-refractivity contribution in [3.63, 3.8) is 0 Å². The lowest BCUT2D eigenvalue weighted by atomic mass is 10.2. The molecule has 0 unspecified atom stereocenters. The van der Waals surface area contributed by atoms with Crippen molar-refractivity contribution in [3.8, 4) is 0 Å². The Bertz CT molecular complexity index is 1030. The maximum absolute atomic E-state index is 11.6. The zero-order valence-corrected chi connectivity index (χ0v) is 16.7. The molecule has 28 heavy (non-hydrogen) atoms. The van der Waals surface area contributed by atoms with Gasteiger partial charge in [0.15, 0.2) is 5.58 Å². The minimum absolute atomic E-state index is 0.245. The van der Waals surface area contributed by atoms with Crippen LogP contribution in [0.5, 0.6) is 0 Å². The summed E-state index contributed by atoms with van der Waals surface area (Å²) in [6, 6.07) is 16.2. The van der Waals surface area contributed by atoms with E-state index in [0.717, 1.165) is 33.9 Å². The van der Waals surface area contributed by atoms with Gasteiger partial charge in [-0.05, 0) is 35.9 Å². The first-order valence-electron chi connectivity index (χ1n) is 8.63. The predicted molar refractivity (Wildman–Crippen MR) is 114 cm³/mol. The molecule has 1 amide bonds. The van der Waals surface area contributed by atoms with Gasteiger partial charge >= 0.3 is 0 Å². The Morgan fingerprint density at radius 1 is 1.18 bits per heavy atom. The third-order valence-corrected chi connectivity index (χ3v) is 5.82. The van der Waals surface area contributed by atoms with E-state index in [1.807, 2.05) is 60.5 Å². The Balaban J connectivity index is 1.32. The fourth-order valence-electron chi connectivity index (χ4n) is 2.67. The smallest absolute Gasteiger partial charge is 0.298 e. The summed E-state index contributed by atoms with van der Waals surface area (Å²) in [4.78, 5) is 30.5. The van der Waals surface area contributed by atoms with Crippen LogP contribution in [0.3, 0.4) is 0 Å². The highest BCUT2D eigenvalue weighted by Crippen LogP contribution is 2.24. The number of thioether (sulfide) groups is 2. The summed E-state index contributed by atoms with van der Waals surface area (Å²) in [5, 5.41) is 1.98. The first kappa shape index (κ1) is 18.6. The van der Waals surface area contributed by atoms with Gasteiger partial charge < -0.3 is 14.6 Å². The van der Waals surface area contributed by atoms with E-state index in [2.05, 4.69) is 10.3 Å². The van der Waals surface area contributed by atoms with Crippen LogP contribution in [0.4, 0.5) is 10.8 Å². The van der Waals surface area contributed by atoms with E-state index < -0.39 is 0 Å². The highest BCUT2D eigenvalue weighted by atomic mass is 32.2. The number of carbonyl (C=O) groups excluding carboxylic acids is 2. The topological polar surface area (TPSA) is 75.4 Å². The molecule has 3 aromatic rings. The first-order valence-corrected chi connectivity index (χ1v) is 10.4. The van der Waals surface area contributed by atoms with Crippen molar-refractivity contribution in [2.45, 2.75) is 4.90 Å². The maximum atomic E-state index is 11.6. The summed E-state index contributed by atoms with van der Waals surface area (Å²) in [6.45, 7) is 0.793. The Hall–Kier alpha value is -2.71. The van der Waals surface area contributed by atoms with Crippen molar-refractivity contribution in [1.82, 2.24) is 10.3 Å². The molecule has 1 aromatic heterocycles. The molecular weight excluding hydrogens is 394 g/mol. The summed E-state index contributed by atoms with van der Waals surface area (Å²) in [5.74, 6) is 0.876. The molecule has 2 aromatic carbocycles. The van der Waals surface area contributed by atoms with E-state index in [1.54, 1.807) is 17.8 Å². The lowest BCUT2D eigenvalue weighted by molar-refractivity contribution is -0.107. The number of amides is 1. The van der Waals surface area contributed by atoms with E-state index in [4.69, 9.17) is 4.42 Å². The molecule has 1 aliphatic rings. The van der Waals surface area contributed by atoms with E-state index >= 15 is 0 Å². The van der Waals surface area contributed by atoms with E-state index in [9.17, 15) is 9.59 Å². The fraction of sp³-hybridized carbons (Fsp3) is 0.150. The van der Waals surface area contributed by atoms with Crippen LogP contribution in [0, 0.1) is 0 Å². The maximum Gasteiger partial charge on any atom is 0.298 e. The molecule has 1 N–H and O–H groups in total. The van der Waals surface area contributed by atoms with Crippen molar-refractivity contribution >= 4 is 57.1 Å².